The lowest BCUT2D eigenvalue weighted by atomic mass is 10.1. The monoisotopic (exact) mass is 462 g/mol. The molecule has 3 heterocycles. The zero-order chi connectivity index (χ0) is 23.7. The summed E-state index contributed by atoms with van der Waals surface area (Å²) in [6.07, 6.45) is 5.05. The first-order valence-corrected chi connectivity index (χ1v) is 11.1. The topological polar surface area (TPSA) is 65.8 Å². The summed E-state index contributed by atoms with van der Waals surface area (Å²) in [5, 5.41) is 3.24. The minimum Gasteiger partial charge on any atom is -0.368 e. The molecule has 0 unspecified atom stereocenters. The molecule has 0 saturated carbocycles. The summed E-state index contributed by atoms with van der Waals surface area (Å²) < 4.78 is 28.7. The van der Waals surface area contributed by atoms with Crippen molar-refractivity contribution in [2.75, 3.05) is 42.9 Å². The number of benzene rings is 2. The number of carbonyl (C=O) groups is 1. The van der Waals surface area contributed by atoms with Gasteiger partial charge in [-0.1, -0.05) is 0 Å². The molecule has 2 aromatic heterocycles. The van der Waals surface area contributed by atoms with Crippen LogP contribution in [0.2, 0.25) is 0 Å². The van der Waals surface area contributed by atoms with Crippen molar-refractivity contribution in [1.29, 1.82) is 0 Å². The SMILES string of the molecule is Cc1cc(F)ccc1N1CCN(C(=O)CNc2c(-c3ccc(F)cc3)nc3cnccn23)CC1. The molecule has 1 aliphatic heterocycles. The van der Waals surface area contributed by atoms with Gasteiger partial charge in [-0.15, -0.1) is 0 Å². The van der Waals surface area contributed by atoms with E-state index in [0.717, 1.165) is 16.8 Å². The van der Waals surface area contributed by atoms with Crippen molar-refractivity contribution in [3.05, 3.63) is 78.3 Å². The fourth-order valence-corrected chi connectivity index (χ4v) is 4.33. The van der Waals surface area contributed by atoms with Gasteiger partial charge in [-0.2, -0.15) is 0 Å². The number of nitrogens with one attached hydrogen (secondary N) is 1. The normalized spacial score (nSPS) is 14.0. The minimum absolute atomic E-state index is 0.0236. The molecule has 2 aromatic carbocycles. The zero-order valence-electron chi connectivity index (χ0n) is 18.7. The molecule has 0 atom stereocenters. The Labute approximate surface area is 195 Å². The number of fused-ring (bicyclic) bond motifs is 1. The molecule has 0 spiro atoms. The third kappa shape index (κ3) is 4.28. The Kier molecular flexibility index (Phi) is 5.83. The van der Waals surface area contributed by atoms with Crippen LogP contribution in [0.1, 0.15) is 5.56 Å². The zero-order valence-corrected chi connectivity index (χ0v) is 18.7. The van der Waals surface area contributed by atoms with Crippen LogP contribution >= 0.6 is 0 Å². The number of aryl methyl sites for hydroxylation is 1. The van der Waals surface area contributed by atoms with E-state index in [1.165, 1.54) is 24.3 Å². The summed E-state index contributed by atoms with van der Waals surface area (Å²) in [7, 11) is 0. The Hall–Kier alpha value is -4.01. The minimum atomic E-state index is -0.325. The number of hydrogen-bond acceptors (Lipinski definition) is 5. The maximum absolute atomic E-state index is 13.4. The number of carbonyl (C=O) groups excluding carboxylic acids is 1. The van der Waals surface area contributed by atoms with Crippen LogP contribution < -0.4 is 10.2 Å². The first-order chi connectivity index (χ1) is 16.5. The molecule has 34 heavy (non-hydrogen) atoms. The largest absolute Gasteiger partial charge is 0.368 e. The smallest absolute Gasteiger partial charge is 0.242 e. The summed E-state index contributed by atoms with van der Waals surface area (Å²) in [6, 6.07) is 10.9. The molecule has 0 aliphatic carbocycles. The molecule has 1 fully saturated rings. The number of amides is 1. The number of piperazine rings is 1. The highest BCUT2D eigenvalue weighted by Crippen LogP contribution is 2.29. The molecule has 1 saturated heterocycles. The van der Waals surface area contributed by atoms with Gasteiger partial charge in [-0.25, -0.2) is 13.8 Å². The molecule has 5 rings (SSSR count). The second-order valence-electron chi connectivity index (χ2n) is 8.27. The summed E-state index contributed by atoms with van der Waals surface area (Å²) >= 11 is 0. The summed E-state index contributed by atoms with van der Waals surface area (Å²) in [5.74, 6) is 0.0561. The molecular formula is C25H24F2N6O. The van der Waals surface area contributed by atoms with Gasteiger partial charge in [0, 0.05) is 49.8 Å². The average Bonchev–Trinajstić information content (AvgIpc) is 3.22. The van der Waals surface area contributed by atoms with Crippen LogP contribution in [0.25, 0.3) is 16.9 Å². The predicted octanol–water partition coefficient (Wildman–Crippen LogP) is 3.74. The van der Waals surface area contributed by atoms with Crippen molar-refractivity contribution in [2.24, 2.45) is 0 Å². The van der Waals surface area contributed by atoms with E-state index in [4.69, 9.17) is 0 Å². The lowest BCUT2D eigenvalue weighted by Gasteiger charge is -2.37. The van der Waals surface area contributed by atoms with Crippen LogP contribution in [0.3, 0.4) is 0 Å². The highest BCUT2D eigenvalue weighted by molar-refractivity contribution is 5.84. The number of halogens is 2. The number of nitrogens with zero attached hydrogens (tertiary/aromatic N) is 5. The van der Waals surface area contributed by atoms with Crippen molar-refractivity contribution in [1.82, 2.24) is 19.3 Å². The third-order valence-electron chi connectivity index (χ3n) is 6.09. The summed E-state index contributed by atoms with van der Waals surface area (Å²) in [6.45, 7) is 4.52. The fraction of sp³-hybridized carbons (Fsp3) is 0.240. The molecule has 0 bridgehead atoms. The summed E-state index contributed by atoms with van der Waals surface area (Å²) in [4.78, 5) is 25.7. The Morgan fingerprint density at radius 2 is 1.76 bits per heavy atom. The van der Waals surface area contributed by atoms with Gasteiger partial charge in [-0.05, 0) is 55.0 Å². The Morgan fingerprint density at radius 3 is 2.50 bits per heavy atom. The summed E-state index contributed by atoms with van der Waals surface area (Å²) in [5.41, 5.74) is 3.87. The van der Waals surface area contributed by atoms with E-state index in [1.54, 1.807) is 36.8 Å². The van der Waals surface area contributed by atoms with Gasteiger partial charge in [0.25, 0.3) is 0 Å². The van der Waals surface area contributed by atoms with Crippen LogP contribution in [-0.4, -0.2) is 57.9 Å². The van der Waals surface area contributed by atoms with E-state index in [1.807, 2.05) is 16.2 Å². The molecule has 174 valence electrons. The number of rotatable bonds is 5. The molecule has 7 nitrogen and oxygen atoms in total. The van der Waals surface area contributed by atoms with Gasteiger partial charge in [0.2, 0.25) is 5.91 Å². The number of anilines is 2. The number of aromatic nitrogens is 3. The first-order valence-electron chi connectivity index (χ1n) is 11.1. The highest BCUT2D eigenvalue weighted by Gasteiger charge is 2.23. The van der Waals surface area contributed by atoms with E-state index in [9.17, 15) is 13.6 Å². The van der Waals surface area contributed by atoms with Gasteiger partial charge < -0.3 is 15.1 Å². The molecule has 1 N–H and O–H groups in total. The predicted molar refractivity (Wildman–Crippen MR) is 127 cm³/mol. The molecule has 0 radical (unpaired) electrons. The van der Waals surface area contributed by atoms with Gasteiger partial charge in [0.15, 0.2) is 5.65 Å². The van der Waals surface area contributed by atoms with Crippen LogP contribution in [0, 0.1) is 18.6 Å². The van der Waals surface area contributed by atoms with Crippen LogP contribution in [0.15, 0.2) is 61.1 Å². The highest BCUT2D eigenvalue weighted by atomic mass is 19.1. The second kappa shape index (κ2) is 9.09. The number of hydrogen-bond donors (Lipinski definition) is 1. The van der Waals surface area contributed by atoms with Crippen molar-refractivity contribution in [3.63, 3.8) is 0 Å². The number of imidazole rings is 1. The van der Waals surface area contributed by atoms with E-state index in [-0.39, 0.29) is 24.1 Å². The van der Waals surface area contributed by atoms with Crippen LogP contribution in [-0.2, 0) is 4.79 Å². The van der Waals surface area contributed by atoms with Gasteiger partial charge >= 0.3 is 0 Å². The maximum atomic E-state index is 13.4. The van der Waals surface area contributed by atoms with Crippen molar-refractivity contribution < 1.29 is 13.6 Å². The van der Waals surface area contributed by atoms with E-state index < -0.39 is 0 Å². The fourth-order valence-electron chi connectivity index (χ4n) is 4.33. The third-order valence-corrected chi connectivity index (χ3v) is 6.09. The van der Waals surface area contributed by atoms with E-state index in [0.29, 0.717) is 43.3 Å². The molecule has 4 aromatic rings. The van der Waals surface area contributed by atoms with Crippen LogP contribution in [0.4, 0.5) is 20.3 Å². The molecule has 1 aliphatic rings. The lowest BCUT2D eigenvalue weighted by molar-refractivity contribution is -0.129. The standard InChI is InChI=1S/C25H24F2N6O/c1-17-14-20(27)6-7-21(17)31-10-12-32(13-11-31)23(34)16-29-25-24(18-2-4-19(26)5-3-18)30-22-15-28-8-9-33(22)25/h2-9,14-15,29H,10-13,16H2,1H3. The van der Waals surface area contributed by atoms with Crippen molar-refractivity contribution in [3.8, 4) is 11.3 Å². The van der Waals surface area contributed by atoms with Gasteiger partial charge in [0.1, 0.15) is 23.1 Å². The van der Waals surface area contributed by atoms with E-state index >= 15 is 0 Å². The van der Waals surface area contributed by atoms with Crippen molar-refractivity contribution >= 4 is 23.1 Å². The van der Waals surface area contributed by atoms with E-state index in [2.05, 4.69) is 20.2 Å². The van der Waals surface area contributed by atoms with Gasteiger partial charge in [-0.3, -0.25) is 14.2 Å². The molecular weight excluding hydrogens is 438 g/mol. The Bertz CT molecular complexity index is 1330. The Morgan fingerprint density at radius 1 is 1.03 bits per heavy atom. The quantitative estimate of drug-likeness (QED) is 0.490. The molecule has 1 amide bonds. The maximum Gasteiger partial charge on any atom is 0.242 e. The van der Waals surface area contributed by atoms with Crippen LogP contribution in [0.5, 0.6) is 0 Å². The first kappa shape index (κ1) is 21.8. The second-order valence-corrected chi connectivity index (χ2v) is 8.27. The average molecular weight is 463 g/mol. The Balaban J connectivity index is 1.28. The lowest BCUT2D eigenvalue weighted by Crippen LogP contribution is -2.50. The molecule has 9 heteroatoms. The van der Waals surface area contributed by atoms with Gasteiger partial charge in [0.05, 0.1) is 12.7 Å². The van der Waals surface area contributed by atoms with Crippen molar-refractivity contribution in [2.45, 2.75) is 6.92 Å².